The van der Waals surface area contributed by atoms with Crippen molar-refractivity contribution >= 4 is 23.2 Å². The van der Waals surface area contributed by atoms with Crippen LogP contribution in [0, 0.1) is 5.82 Å². The molecular weight excluding hydrogens is 200 g/mol. The van der Waals surface area contributed by atoms with Crippen LogP contribution in [0.15, 0.2) is 12.1 Å². The zero-order chi connectivity index (χ0) is 9.14. The van der Waals surface area contributed by atoms with Gasteiger partial charge in [0, 0.05) is 11.6 Å². The first-order chi connectivity index (χ1) is 5.65. The van der Waals surface area contributed by atoms with E-state index in [0.717, 1.165) is 0 Å². The van der Waals surface area contributed by atoms with E-state index in [2.05, 4.69) is 5.32 Å². The Balaban J connectivity index is 3.09. The van der Waals surface area contributed by atoms with Gasteiger partial charge in [0.15, 0.2) is 0 Å². The van der Waals surface area contributed by atoms with Gasteiger partial charge in [-0.05, 0) is 24.7 Å². The quantitative estimate of drug-likeness (QED) is 0.736. The molecule has 0 aliphatic rings. The van der Waals surface area contributed by atoms with Crippen LogP contribution >= 0.6 is 23.2 Å². The second kappa shape index (κ2) is 4.08. The molecule has 0 bridgehead atoms. The molecule has 1 N–H and O–H groups in total. The molecule has 12 heavy (non-hydrogen) atoms. The van der Waals surface area contributed by atoms with Crippen molar-refractivity contribution in [1.29, 1.82) is 0 Å². The summed E-state index contributed by atoms with van der Waals surface area (Å²) in [6.07, 6.45) is 0. The number of rotatable bonds is 2. The van der Waals surface area contributed by atoms with Crippen LogP contribution < -0.4 is 5.32 Å². The summed E-state index contributed by atoms with van der Waals surface area (Å²) in [5.41, 5.74) is 0.671. The molecule has 0 aliphatic carbocycles. The second-order valence-corrected chi connectivity index (χ2v) is 3.21. The lowest BCUT2D eigenvalue weighted by Crippen LogP contribution is -2.06. The van der Waals surface area contributed by atoms with Gasteiger partial charge in [0.2, 0.25) is 0 Å². The SMILES string of the molecule is CNCc1cc(Cl)cc(F)c1Cl. The van der Waals surface area contributed by atoms with E-state index in [-0.39, 0.29) is 5.02 Å². The largest absolute Gasteiger partial charge is 0.316 e. The second-order valence-electron chi connectivity index (χ2n) is 2.39. The number of nitrogens with one attached hydrogen (secondary N) is 1. The van der Waals surface area contributed by atoms with E-state index in [1.54, 1.807) is 13.1 Å². The van der Waals surface area contributed by atoms with E-state index >= 15 is 0 Å². The van der Waals surface area contributed by atoms with Crippen LogP contribution in [0.5, 0.6) is 0 Å². The first kappa shape index (κ1) is 9.78. The molecule has 0 saturated carbocycles. The molecule has 1 aromatic rings. The van der Waals surface area contributed by atoms with Crippen LogP contribution in [0.2, 0.25) is 10.0 Å². The minimum atomic E-state index is -0.477. The Morgan fingerprint density at radius 3 is 2.67 bits per heavy atom. The van der Waals surface area contributed by atoms with Crippen molar-refractivity contribution in [3.63, 3.8) is 0 Å². The van der Waals surface area contributed by atoms with Gasteiger partial charge in [-0.2, -0.15) is 0 Å². The highest BCUT2D eigenvalue weighted by molar-refractivity contribution is 6.33. The van der Waals surface area contributed by atoms with Crippen LogP contribution in [0.4, 0.5) is 4.39 Å². The van der Waals surface area contributed by atoms with E-state index in [0.29, 0.717) is 17.1 Å². The maximum atomic E-state index is 12.9. The van der Waals surface area contributed by atoms with Gasteiger partial charge in [0.1, 0.15) is 5.82 Å². The summed E-state index contributed by atoms with van der Waals surface area (Å²) in [5, 5.41) is 3.37. The lowest BCUT2D eigenvalue weighted by atomic mass is 10.2. The highest BCUT2D eigenvalue weighted by Gasteiger charge is 2.06. The van der Waals surface area contributed by atoms with Gasteiger partial charge in [-0.1, -0.05) is 23.2 Å². The summed E-state index contributed by atoms with van der Waals surface area (Å²) in [7, 11) is 1.76. The summed E-state index contributed by atoms with van der Waals surface area (Å²) in [6.45, 7) is 0.510. The zero-order valence-corrected chi connectivity index (χ0v) is 8.01. The van der Waals surface area contributed by atoms with E-state index < -0.39 is 5.82 Å². The summed E-state index contributed by atoms with van der Waals surface area (Å²) in [5.74, 6) is -0.477. The van der Waals surface area contributed by atoms with Crippen molar-refractivity contribution in [3.05, 3.63) is 33.6 Å². The minimum Gasteiger partial charge on any atom is -0.316 e. The van der Waals surface area contributed by atoms with Gasteiger partial charge in [-0.3, -0.25) is 0 Å². The van der Waals surface area contributed by atoms with Crippen molar-refractivity contribution < 1.29 is 4.39 Å². The molecule has 4 heteroatoms. The molecule has 0 heterocycles. The average Bonchev–Trinajstić information content (AvgIpc) is 2.00. The number of halogens is 3. The smallest absolute Gasteiger partial charge is 0.143 e. The number of hydrogen-bond acceptors (Lipinski definition) is 1. The topological polar surface area (TPSA) is 12.0 Å². The molecular formula is C8H8Cl2FN. The summed E-state index contributed by atoms with van der Waals surface area (Å²) in [6, 6.07) is 2.84. The average molecular weight is 208 g/mol. The maximum absolute atomic E-state index is 12.9. The van der Waals surface area contributed by atoms with Gasteiger partial charge < -0.3 is 5.32 Å². The molecule has 66 valence electrons. The zero-order valence-electron chi connectivity index (χ0n) is 6.50. The first-order valence-corrected chi connectivity index (χ1v) is 4.18. The van der Waals surface area contributed by atoms with E-state index in [9.17, 15) is 4.39 Å². The minimum absolute atomic E-state index is 0.133. The predicted octanol–water partition coefficient (Wildman–Crippen LogP) is 2.85. The molecule has 1 nitrogen and oxygen atoms in total. The van der Waals surface area contributed by atoms with E-state index in [4.69, 9.17) is 23.2 Å². The highest BCUT2D eigenvalue weighted by atomic mass is 35.5. The van der Waals surface area contributed by atoms with Gasteiger partial charge >= 0.3 is 0 Å². The Kier molecular flexibility index (Phi) is 3.32. The van der Waals surface area contributed by atoms with E-state index in [1.165, 1.54) is 6.07 Å². The van der Waals surface area contributed by atoms with Crippen LogP contribution in [-0.4, -0.2) is 7.05 Å². The molecule has 1 rings (SSSR count). The number of benzene rings is 1. The monoisotopic (exact) mass is 207 g/mol. The number of hydrogen-bond donors (Lipinski definition) is 1. The molecule has 0 aromatic heterocycles. The Labute approximate surface area is 80.5 Å². The lowest BCUT2D eigenvalue weighted by molar-refractivity contribution is 0.624. The van der Waals surface area contributed by atoms with Crippen molar-refractivity contribution in [2.75, 3.05) is 7.05 Å². The standard InChI is InChI=1S/C8H8Cl2FN/c1-12-4-5-2-6(9)3-7(11)8(5)10/h2-3,12H,4H2,1H3. The summed E-state index contributed by atoms with van der Waals surface area (Å²) in [4.78, 5) is 0. The van der Waals surface area contributed by atoms with Crippen molar-refractivity contribution in [3.8, 4) is 0 Å². The summed E-state index contributed by atoms with van der Waals surface area (Å²) < 4.78 is 12.9. The molecule has 0 spiro atoms. The third kappa shape index (κ3) is 2.09. The first-order valence-electron chi connectivity index (χ1n) is 3.43. The van der Waals surface area contributed by atoms with Gasteiger partial charge in [-0.15, -0.1) is 0 Å². The molecule has 0 unspecified atom stereocenters. The molecule has 0 amide bonds. The Morgan fingerprint density at radius 2 is 2.08 bits per heavy atom. The molecule has 0 fully saturated rings. The molecule has 0 radical (unpaired) electrons. The predicted molar refractivity (Wildman–Crippen MR) is 49.2 cm³/mol. The molecule has 0 atom stereocenters. The fraction of sp³-hybridized carbons (Fsp3) is 0.250. The molecule has 0 saturated heterocycles. The third-order valence-corrected chi connectivity index (χ3v) is 2.08. The fourth-order valence-electron chi connectivity index (χ4n) is 0.928. The van der Waals surface area contributed by atoms with Crippen molar-refractivity contribution in [2.24, 2.45) is 0 Å². The third-order valence-electron chi connectivity index (χ3n) is 1.44. The molecule has 0 aliphatic heterocycles. The van der Waals surface area contributed by atoms with Crippen molar-refractivity contribution in [1.82, 2.24) is 5.32 Å². The van der Waals surface area contributed by atoms with Gasteiger partial charge in [0.05, 0.1) is 5.02 Å². The van der Waals surface area contributed by atoms with E-state index in [1.807, 2.05) is 0 Å². The van der Waals surface area contributed by atoms with Crippen LogP contribution in [0.3, 0.4) is 0 Å². The van der Waals surface area contributed by atoms with Gasteiger partial charge in [0.25, 0.3) is 0 Å². The van der Waals surface area contributed by atoms with Gasteiger partial charge in [-0.25, -0.2) is 4.39 Å². The normalized spacial score (nSPS) is 10.3. The highest BCUT2D eigenvalue weighted by Crippen LogP contribution is 2.24. The fourth-order valence-corrected chi connectivity index (χ4v) is 1.33. The van der Waals surface area contributed by atoms with Crippen LogP contribution in [0.25, 0.3) is 0 Å². The van der Waals surface area contributed by atoms with Crippen LogP contribution in [-0.2, 0) is 6.54 Å². The summed E-state index contributed by atoms with van der Waals surface area (Å²) >= 11 is 11.3. The van der Waals surface area contributed by atoms with Crippen LogP contribution in [0.1, 0.15) is 5.56 Å². The maximum Gasteiger partial charge on any atom is 0.143 e. The Morgan fingerprint density at radius 1 is 1.42 bits per heavy atom. The lowest BCUT2D eigenvalue weighted by Gasteiger charge is -2.04. The Hall–Kier alpha value is -0.310. The molecule has 1 aromatic carbocycles. The Bertz CT molecular complexity index is 289. The van der Waals surface area contributed by atoms with Crippen molar-refractivity contribution in [2.45, 2.75) is 6.54 Å².